The predicted octanol–water partition coefficient (Wildman–Crippen LogP) is 3.34. The van der Waals surface area contributed by atoms with Crippen molar-refractivity contribution in [2.75, 3.05) is 0 Å². The maximum atomic E-state index is 11.3. The van der Waals surface area contributed by atoms with Crippen molar-refractivity contribution < 1.29 is 19.7 Å². The zero-order valence-electron chi connectivity index (χ0n) is 15.2. The molecule has 1 heterocycles. The second-order valence-corrected chi connectivity index (χ2v) is 8.82. The van der Waals surface area contributed by atoms with Crippen LogP contribution in [0, 0.1) is 22.7 Å². The molecular weight excluding hydrogens is 304 g/mol. The fourth-order valence-electron chi connectivity index (χ4n) is 5.63. The Hall–Kier alpha value is -1.13. The molecule has 134 valence electrons. The van der Waals surface area contributed by atoms with Gasteiger partial charge in [0.1, 0.15) is 0 Å². The van der Waals surface area contributed by atoms with Gasteiger partial charge in [0.2, 0.25) is 6.29 Å². The van der Waals surface area contributed by atoms with Crippen molar-refractivity contribution in [1.82, 2.24) is 0 Å². The number of aliphatic hydroxyl groups excluding tert-OH is 2. The molecule has 0 bridgehead atoms. The van der Waals surface area contributed by atoms with Crippen LogP contribution in [0.15, 0.2) is 23.3 Å². The van der Waals surface area contributed by atoms with Crippen molar-refractivity contribution >= 4 is 5.97 Å². The molecule has 0 unspecified atom stereocenters. The zero-order valence-corrected chi connectivity index (χ0v) is 15.2. The first-order chi connectivity index (χ1) is 11.1. The van der Waals surface area contributed by atoms with E-state index in [0.29, 0.717) is 23.3 Å². The highest BCUT2D eigenvalue weighted by Gasteiger charge is 2.52. The summed E-state index contributed by atoms with van der Waals surface area (Å²) in [5.74, 6) is 0.282. The molecule has 0 spiro atoms. The first-order valence-electron chi connectivity index (χ1n) is 9.10. The molecule has 0 saturated heterocycles. The number of carbonyl (C=O) groups is 1. The van der Waals surface area contributed by atoms with Crippen molar-refractivity contribution in [2.45, 2.75) is 72.2 Å². The maximum absolute atomic E-state index is 11.3. The molecule has 1 aliphatic heterocycles. The van der Waals surface area contributed by atoms with Crippen molar-refractivity contribution in [2.24, 2.45) is 22.7 Å². The molecule has 24 heavy (non-hydrogen) atoms. The Morgan fingerprint density at radius 3 is 2.67 bits per heavy atom. The molecule has 0 radical (unpaired) electrons. The maximum Gasteiger partial charge on any atom is 0.333 e. The lowest BCUT2D eigenvalue weighted by atomic mass is 9.48. The highest BCUT2D eigenvalue weighted by molar-refractivity contribution is 5.85. The summed E-state index contributed by atoms with van der Waals surface area (Å²) in [6, 6.07) is 0. The quantitative estimate of drug-likeness (QED) is 0.614. The van der Waals surface area contributed by atoms with Crippen LogP contribution in [0.4, 0.5) is 0 Å². The lowest BCUT2D eigenvalue weighted by molar-refractivity contribution is -0.152. The van der Waals surface area contributed by atoms with Crippen molar-refractivity contribution in [3.63, 3.8) is 0 Å². The number of fused-ring (bicyclic) bond motifs is 1. The molecule has 3 rings (SSSR count). The van der Waals surface area contributed by atoms with E-state index in [1.807, 2.05) is 0 Å². The van der Waals surface area contributed by atoms with Crippen LogP contribution in [0.2, 0.25) is 0 Å². The van der Waals surface area contributed by atoms with Gasteiger partial charge in [0.25, 0.3) is 0 Å². The van der Waals surface area contributed by atoms with Gasteiger partial charge in [-0.25, -0.2) is 4.79 Å². The number of cyclic esters (lactones) is 1. The predicted molar refractivity (Wildman–Crippen MR) is 91.9 cm³/mol. The summed E-state index contributed by atoms with van der Waals surface area (Å²) in [7, 11) is 0. The number of rotatable bonds is 3. The van der Waals surface area contributed by atoms with Gasteiger partial charge in [0.15, 0.2) is 0 Å². The van der Waals surface area contributed by atoms with Gasteiger partial charge in [0, 0.05) is 11.6 Å². The van der Waals surface area contributed by atoms with Crippen LogP contribution in [-0.2, 0) is 9.53 Å². The van der Waals surface area contributed by atoms with E-state index in [1.165, 1.54) is 30.9 Å². The van der Waals surface area contributed by atoms with Gasteiger partial charge in [-0.15, -0.1) is 0 Å². The zero-order chi connectivity index (χ0) is 17.7. The van der Waals surface area contributed by atoms with Gasteiger partial charge in [-0.3, -0.25) is 0 Å². The summed E-state index contributed by atoms with van der Waals surface area (Å²) in [6.45, 7) is 9.26. The number of hydrogen-bond acceptors (Lipinski definition) is 4. The Bertz CT molecular complexity index is 588. The van der Waals surface area contributed by atoms with Gasteiger partial charge in [-0.2, -0.15) is 0 Å². The van der Waals surface area contributed by atoms with Crippen LogP contribution < -0.4 is 0 Å². The van der Waals surface area contributed by atoms with E-state index in [0.717, 1.165) is 6.42 Å². The van der Waals surface area contributed by atoms with E-state index in [1.54, 1.807) is 0 Å². The molecule has 0 amide bonds. The molecule has 2 N–H and O–H groups in total. The Morgan fingerprint density at radius 1 is 1.33 bits per heavy atom. The molecule has 4 heteroatoms. The summed E-state index contributed by atoms with van der Waals surface area (Å²) < 4.78 is 4.73. The van der Waals surface area contributed by atoms with Crippen LogP contribution in [0.5, 0.6) is 0 Å². The Morgan fingerprint density at radius 2 is 2.04 bits per heavy atom. The minimum atomic E-state index is -1.30. The molecule has 5 atom stereocenters. The third-order valence-electron chi connectivity index (χ3n) is 6.94. The van der Waals surface area contributed by atoms with Gasteiger partial charge < -0.3 is 14.9 Å². The first kappa shape index (κ1) is 17.7. The number of allylic oxidation sites excluding steroid dienone is 2. The van der Waals surface area contributed by atoms with Crippen molar-refractivity contribution in [3.8, 4) is 0 Å². The van der Waals surface area contributed by atoms with E-state index >= 15 is 0 Å². The summed E-state index contributed by atoms with van der Waals surface area (Å²) in [5.41, 5.74) is 2.08. The molecule has 4 nitrogen and oxygen atoms in total. The van der Waals surface area contributed by atoms with E-state index in [4.69, 9.17) is 4.74 Å². The lowest BCUT2D eigenvalue weighted by Gasteiger charge is -2.57. The Balaban J connectivity index is 1.86. The normalized spacial score (nSPS) is 39.6. The molecule has 2 aliphatic carbocycles. The lowest BCUT2D eigenvalue weighted by Crippen LogP contribution is -2.49. The Labute approximate surface area is 144 Å². The van der Waals surface area contributed by atoms with E-state index in [-0.39, 0.29) is 11.3 Å². The molecule has 0 aromatic carbocycles. The topological polar surface area (TPSA) is 66.8 Å². The highest BCUT2D eigenvalue weighted by Crippen LogP contribution is 2.60. The summed E-state index contributed by atoms with van der Waals surface area (Å²) >= 11 is 0. The standard InChI is InChI=1S/C20H30O4/c1-12-6-7-16-19(2,3)8-5-9-20(16,4)14(12)11-15(21)13-10-17(22)24-18(13)23/h6,10,14-16,18,21,23H,5,7-9,11H2,1-4H3/t14-,15+,16-,18-,20+/m1/s1. The molecule has 0 aromatic rings. The number of ether oxygens (including phenoxy) is 1. The van der Waals surface area contributed by atoms with Crippen LogP contribution in [0.25, 0.3) is 0 Å². The van der Waals surface area contributed by atoms with Crippen LogP contribution in [0.1, 0.15) is 59.8 Å². The van der Waals surface area contributed by atoms with Gasteiger partial charge in [0.05, 0.1) is 6.10 Å². The molecule has 1 saturated carbocycles. The molecule has 1 fully saturated rings. The minimum Gasteiger partial charge on any atom is -0.429 e. The second-order valence-electron chi connectivity index (χ2n) is 8.82. The largest absolute Gasteiger partial charge is 0.429 e. The number of esters is 1. The highest BCUT2D eigenvalue weighted by atomic mass is 16.6. The van der Waals surface area contributed by atoms with E-state index < -0.39 is 18.4 Å². The van der Waals surface area contributed by atoms with Gasteiger partial charge in [-0.05, 0) is 55.3 Å². The van der Waals surface area contributed by atoms with Gasteiger partial charge in [-0.1, -0.05) is 38.8 Å². The second kappa shape index (κ2) is 5.99. The fraction of sp³-hybridized carbons (Fsp3) is 0.750. The number of aliphatic hydroxyl groups is 2. The van der Waals surface area contributed by atoms with Gasteiger partial charge >= 0.3 is 5.97 Å². The summed E-state index contributed by atoms with van der Waals surface area (Å²) in [6.07, 6.45) is 6.70. The summed E-state index contributed by atoms with van der Waals surface area (Å²) in [5, 5.41) is 20.5. The number of hydrogen-bond donors (Lipinski definition) is 2. The van der Waals surface area contributed by atoms with Crippen LogP contribution in [0.3, 0.4) is 0 Å². The number of carbonyl (C=O) groups excluding carboxylic acids is 1. The Kier molecular flexibility index (Phi) is 4.42. The SMILES string of the molecule is CC1=CC[C@@H]2C(C)(C)CCC[C@@]2(C)[C@@H]1C[C@H](O)C1=CC(=O)O[C@H]1O. The van der Waals surface area contributed by atoms with E-state index in [2.05, 4.69) is 33.8 Å². The van der Waals surface area contributed by atoms with Crippen molar-refractivity contribution in [3.05, 3.63) is 23.3 Å². The first-order valence-corrected chi connectivity index (χ1v) is 9.10. The molecule has 0 aromatic heterocycles. The third kappa shape index (κ3) is 2.84. The minimum absolute atomic E-state index is 0.149. The average molecular weight is 334 g/mol. The third-order valence-corrected chi connectivity index (χ3v) is 6.94. The average Bonchev–Trinajstić information content (AvgIpc) is 2.80. The smallest absolute Gasteiger partial charge is 0.333 e. The monoisotopic (exact) mass is 334 g/mol. The molecular formula is C20H30O4. The summed E-state index contributed by atoms with van der Waals surface area (Å²) in [4.78, 5) is 11.3. The van der Waals surface area contributed by atoms with Crippen LogP contribution >= 0.6 is 0 Å². The van der Waals surface area contributed by atoms with E-state index in [9.17, 15) is 15.0 Å². The molecule has 3 aliphatic rings. The van der Waals surface area contributed by atoms with Crippen LogP contribution in [-0.4, -0.2) is 28.6 Å². The van der Waals surface area contributed by atoms with Crippen molar-refractivity contribution in [1.29, 1.82) is 0 Å². The fourth-order valence-corrected chi connectivity index (χ4v) is 5.63.